The Morgan fingerprint density at radius 2 is 1.65 bits per heavy atom. The number of halogens is 1. The highest BCUT2D eigenvalue weighted by Gasteiger charge is 2.16. The Morgan fingerprint density at radius 3 is 2.30 bits per heavy atom. The molecular weight excluding hydrogens is 264 g/mol. The molecule has 0 aromatic heterocycles. The molecule has 0 spiro atoms. The summed E-state index contributed by atoms with van der Waals surface area (Å²) in [4.78, 5) is 0. The molecule has 2 rings (SSSR count). The predicted octanol–water partition coefficient (Wildman–Crippen LogP) is 5.76. The third-order valence-electron chi connectivity index (χ3n) is 3.98. The van der Waals surface area contributed by atoms with Gasteiger partial charge in [0.2, 0.25) is 0 Å². The first-order valence-corrected chi connectivity index (χ1v) is 7.83. The molecule has 1 unspecified atom stereocenters. The summed E-state index contributed by atoms with van der Waals surface area (Å²) in [6.07, 6.45) is 2.07. The molecule has 106 valence electrons. The van der Waals surface area contributed by atoms with Gasteiger partial charge in [-0.05, 0) is 54.5 Å². The Balaban J connectivity index is 2.51. The van der Waals surface area contributed by atoms with Crippen molar-refractivity contribution in [3.05, 3.63) is 69.8 Å². The zero-order valence-electron chi connectivity index (χ0n) is 12.8. The lowest BCUT2D eigenvalue weighted by atomic mass is 9.92. The van der Waals surface area contributed by atoms with Crippen molar-refractivity contribution in [2.45, 2.75) is 45.9 Å². The molecule has 0 saturated heterocycles. The maximum atomic E-state index is 6.82. The molecule has 0 aliphatic rings. The van der Waals surface area contributed by atoms with Crippen molar-refractivity contribution in [2.24, 2.45) is 0 Å². The average Bonchev–Trinajstić information content (AvgIpc) is 2.48. The van der Waals surface area contributed by atoms with Gasteiger partial charge >= 0.3 is 0 Å². The molecule has 2 aromatic carbocycles. The van der Waals surface area contributed by atoms with Crippen LogP contribution in [0.1, 0.15) is 52.6 Å². The second kappa shape index (κ2) is 6.45. The zero-order valence-corrected chi connectivity index (χ0v) is 13.6. The van der Waals surface area contributed by atoms with Crippen LogP contribution in [0, 0.1) is 13.8 Å². The maximum absolute atomic E-state index is 6.82. The van der Waals surface area contributed by atoms with E-state index in [0.29, 0.717) is 0 Å². The molecule has 0 bridgehead atoms. The van der Waals surface area contributed by atoms with Crippen LogP contribution >= 0.6 is 11.6 Å². The summed E-state index contributed by atoms with van der Waals surface area (Å²) < 4.78 is 0. The van der Waals surface area contributed by atoms with Crippen LogP contribution in [0.25, 0.3) is 0 Å². The number of rotatable bonds is 4. The van der Waals surface area contributed by atoms with Crippen LogP contribution in [-0.4, -0.2) is 0 Å². The lowest BCUT2D eigenvalue weighted by Crippen LogP contribution is -2.02. The van der Waals surface area contributed by atoms with Crippen molar-refractivity contribution in [1.29, 1.82) is 0 Å². The number of alkyl halides is 1. The van der Waals surface area contributed by atoms with Crippen LogP contribution < -0.4 is 0 Å². The van der Waals surface area contributed by atoms with Gasteiger partial charge in [0.25, 0.3) is 0 Å². The van der Waals surface area contributed by atoms with Gasteiger partial charge in [-0.1, -0.05) is 55.8 Å². The van der Waals surface area contributed by atoms with E-state index in [1.807, 2.05) is 0 Å². The van der Waals surface area contributed by atoms with E-state index in [1.165, 1.54) is 33.4 Å². The standard InChI is InChI=1S/C19H23Cl/c1-5-15-9-10-16(6-2)18(12-15)19(20)17-11-13(3)7-8-14(17)4/h7-12,19H,5-6H2,1-4H3. The van der Waals surface area contributed by atoms with Gasteiger partial charge in [0, 0.05) is 0 Å². The Bertz CT molecular complexity index is 599. The first-order chi connectivity index (χ1) is 9.56. The number of hydrogen-bond acceptors (Lipinski definition) is 0. The number of benzene rings is 2. The van der Waals surface area contributed by atoms with Crippen molar-refractivity contribution in [3.63, 3.8) is 0 Å². The van der Waals surface area contributed by atoms with Gasteiger partial charge in [-0.15, -0.1) is 11.6 Å². The minimum absolute atomic E-state index is 0.0589. The summed E-state index contributed by atoms with van der Waals surface area (Å²) in [6.45, 7) is 8.64. The summed E-state index contributed by atoms with van der Waals surface area (Å²) in [5, 5.41) is -0.0589. The first kappa shape index (κ1) is 15.1. The molecule has 0 aliphatic carbocycles. The van der Waals surface area contributed by atoms with Gasteiger partial charge in [0.1, 0.15) is 0 Å². The summed E-state index contributed by atoms with van der Waals surface area (Å²) in [6, 6.07) is 13.2. The Morgan fingerprint density at radius 1 is 0.900 bits per heavy atom. The molecule has 0 aliphatic heterocycles. The summed E-state index contributed by atoms with van der Waals surface area (Å²) in [7, 11) is 0. The van der Waals surface area contributed by atoms with E-state index in [9.17, 15) is 0 Å². The van der Waals surface area contributed by atoms with Crippen LogP contribution in [0.4, 0.5) is 0 Å². The van der Waals surface area contributed by atoms with E-state index in [2.05, 4.69) is 64.1 Å². The lowest BCUT2D eigenvalue weighted by molar-refractivity contribution is 1.01. The number of aryl methyl sites for hydroxylation is 4. The van der Waals surface area contributed by atoms with Crippen LogP contribution in [0.15, 0.2) is 36.4 Å². The summed E-state index contributed by atoms with van der Waals surface area (Å²) >= 11 is 6.82. The molecular formula is C19H23Cl. The predicted molar refractivity (Wildman–Crippen MR) is 88.8 cm³/mol. The molecule has 0 N–H and O–H groups in total. The Kier molecular flexibility index (Phi) is 4.88. The number of hydrogen-bond donors (Lipinski definition) is 0. The highest BCUT2D eigenvalue weighted by Crippen LogP contribution is 2.34. The van der Waals surface area contributed by atoms with Gasteiger partial charge in [-0.25, -0.2) is 0 Å². The molecule has 1 heteroatoms. The van der Waals surface area contributed by atoms with E-state index in [-0.39, 0.29) is 5.38 Å². The molecule has 0 saturated carbocycles. The molecule has 20 heavy (non-hydrogen) atoms. The molecule has 2 aromatic rings. The second-order valence-electron chi connectivity index (χ2n) is 5.46. The normalized spacial score (nSPS) is 12.4. The molecule has 0 radical (unpaired) electrons. The molecule has 0 heterocycles. The highest BCUT2D eigenvalue weighted by molar-refractivity contribution is 6.22. The van der Waals surface area contributed by atoms with Crippen LogP contribution in [0.2, 0.25) is 0 Å². The fourth-order valence-electron chi connectivity index (χ4n) is 2.62. The van der Waals surface area contributed by atoms with Crippen molar-refractivity contribution < 1.29 is 0 Å². The third kappa shape index (κ3) is 3.07. The minimum Gasteiger partial charge on any atom is -0.113 e. The van der Waals surface area contributed by atoms with Gasteiger partial charge in [-0.2, -0.15) is 0 Å². The lowest BCUT2D eigenvalue weighted by Gasteiger charge is -2.18. The fraction of sp³-hybridized carbons (Fsp3) is 0.368. The van der Waals surface area contributed by atoms with E-state index in [0.717, 1.165) is 12.8 Å². The monoisotopic (exact) mass is 286 g/mol. The summed E-state index contributed by atoms with van der Waals surface area (Å²) in [5.41, 5.74) is 7.73. The maximum Gasteiger partial charge on any atom is 0.0840 e. The third-order valence-corrected chi connectivity index (χ3v) is 4.45. The van der Waals surface area contributed by atoms with E-state index < -0.39 is 0 Å². The van der Waals surface area contributed by atoms with Gasteiger partial charge in [0.15, 0.2) is 0 Å². The second-order valence-corrected chi connectivity index (χ2v) is 5.90. The fourth-order valence-corrected chi connectivity index (χ4v) is 3.06. The first-order valence-electron chi connectivity index (χ1n) is 7.39. The van der Waals surface area contributed by atoms with Gasteiger partial charge in [0.05, 0.1) is 5.38 Å². The molecule has 0 amide bonds. The van der Waals surface area contributed by atoms with Crippen LogP contribution in [0.3, 0.4) is 0 Å². The van der Waals surface area contributed by atoms with E-state index >= 15 is 0 Å². The molecule has 1 atom stereocenters. The van der Waals surface area contributed by atoms with Crippen LogP contribution in [0.5, 0.6) is 0 Å². The van der Waals surface area contributed by atoms with Crippen molar-refractivity contribution in [1.82, 2.24) is 0 Å². The Hall–Kier alpha value is -1.27. The highest BCUT2D eigenvalue weighted by atomic mass is 35.5. The average molecular weight is 287 g/mol. The quantitative estimate of drug-likeness (QED) is 0.627. The largest absolute Gasteiger partial charge is 0.113 e. The van der Waals surface area contributed by atoms with Gasteiger partial charge in [-0.3, -0.25) is 0 Å². The minimum atomic E-state index is -0.0589. The molecule has 0 nitrogen and oxygen atoms in total. The van der Waals surface area contributed by atoms with Gasteiger partial charge < -0.3 is 0 Å². The zero-order chi connectivity index (χ0) is 14.7. The Labute approximate surface area is 127 Å². The smallest absolute Gasteiger partial charge is 0.0840 e. The summed E-state index contributed by atoms with van der Waals surface area (Å²) in [5.74, 6) is 0. The van der Waals surface area contributed by atoms with E-state index in [1.54, 1.807) is 0 Å². The van der Waals surface area contributed by atoms with Crippen molar-refractivity contribution in [3.8, 4) is 0 Å². The van der Waals surface area contributed by atoms with Crippen molar-refractivity contribution in [2.75, 3.05) is 0 Å². The molecule has 0 fully saturated rings. The van der Waals surface area contributed by atoms with Crippen molar-refractivity contribution >= 4 is 11.6 Å². The van der Waals surface area contributed by atoms with Crippen LogP contribution in [-0.2, 0) is 12.8 Å². The van der Waals surface area contributed by atoms with E-state index in [4.69, 9.17) is 11.6 Å². The topological polar surface area (TPSA) is 0 Å². The SMILES string of the molecule is CCc1ccc(CC)c(C(Cl)c2cc(C)ccc2C)c1.